The first kappa shape index (κ1) is 12.4. The highest BCUT2D eigenvalue weighted by molar-refractivity contribution is 6.06. The molecule has 0 aromatic heterocycles. The maximum absolute atomic E-state index is 12.0. The van der Waals surface area contributed by atoms with Gasteiger partial charge in [0.2, 0.25) is 0 Å². The van der Waals surface area contributed by atoms with E-state index >= 15 is 0 Å². The molecule has 1 aliphatic rings. The van der Waals surface area contributed by atoms with Crippen molar-refractivity contribution in [2.24, 2.45) is 0 Å². The molecule has 0 aliphatic carbocycles. The largest absolute Gasteiger partial charge is 0.443 e. The minimum Gasteiger partial charge on any atom is -0.443 e. The van der Waals surface area contributed by atoms with E-state index in [0.717, 1.165) is 10.5 Å². The van der Waals surface area contributed by atoms with E-state index in [1.54, 1.807) is 39.0 Å². The summed E-state index contributed by atoms with van der Waals surface area (Å²) in [4.78, 5) is 25.0. The molecule has 96 valence electrons. The molecule has 18 heavy (non-hydrogen) atoms. The smallest absolute Gasteiger partial charge is 0.417 e. The van der Waals surface area contributed by atoms with Crippen molar-refractivity contribution in [2.75, 3.05) is 5.73 Å². The first-order valence-corrected chi connectivity index (χ1v) is 5.71. The number of ether oxygens (including phenoxy) is 1. The maximum atomic E-state index is 12.0. The molecule has 2 amide bonds. The summed E-state index contributed by atoms with van der Waals surface area (Å²) in [6.07, 6.45) is -0.623. The van der Waals surface area contributed by atoms with Crippen molar-refractivity contribution in [1.82, 2.24) is 4.90 Å². The zero-order valence-corrected chi connectivity index (χ0v) is 10.7. The average molecular weight is 248 g/mol. The number of anilines is 1. The zero-order valence-electron chi connectivity index (χ0n) is 10.7. The molecule has 0 fully saturated rings. The van der Waals surface area contributed by atoms with Crippen LogP contribution in [0.15, 0.2) is 18.2 Å². The molecule has 0 spiro atoms. The number of hydrogen-bond donors (Lipinski definition) is 1. The van der Waals surface area contributed by atoms with Crippen LogP contribution in [0.5, 0.6) is 0 Å². The molecule has 5 nitrogen and oxygen atoms in total. The predicted molar refractivity (Wildman–Crippen MR) is 67.0 cm³/mol. The van der Waals surface area contributed by atoms with Gasteiger partial charge in [-0.05, 0) is 38.5 Å². The van der Waals surface area contributed by atoms with Crippen LogP contribution in [0.2, 0.25) is 0 Å². The molecule has 2 N–H and O–H groups in total. The second-order valence-corrected chi connectivity index (χ2v) is 5.29. The highest BCUT2D eigenvalue weighted by Crippen LogP contribution is 2.26. The fourth-order valence-corrected chi connectivity index (χ4v) is 1.78. The molecule has 0 unspecified atom stereocenters. The van der Waals surface area contributed by atoms with Crippen molar-refractivity contribution < 1.29 is 14.3 Å². The van der Waals surface area contributed by atoms with Gasteiger partial charge in [-0.1, -0.05) is 6.07 Å². The third-order valence-electron chi connectivity index (χ3n) is 2.55. The summed E-state index contributed by atoms with van der Waals surface area (Å²) in [5.74, 6) is -0.355. The third kappa shape index (κ3) is 2.30. The van der Waals surface area contributed by atoms with E-state index in [1.807, 2.05) is 0 Å². The van der Waals surface area contributed by atoms with Gasteiger partial charge >= 0.3 is 6.09 Å². The zero-order chi connectivity index (χ0) is 13.5. The molecule has 0 radical (unpaired) electrons. The molecule has 5 heteroatoms. The van der Waals surface area contributed by atoms with Crippen LogP contribution in [0.4, 0.5) is 10.5 Å². The number of rotatable bonds is 0. The van der Waals surface area contributed by atoms with Gasteiger partial charge in [0.15, 0.2) is 0 Å². The molecule has 0 saturated carbocycles. The van der Waals surface area contributed by atoms with Crippen molar-refractivity contribution in [2.45, 2.75) is 32.9 Å². The van der Waals surface area contributed by atoms with Crippen LogP contribution < -0.4 is 5.73 Å². The van der Waals surface area contributed by atoms with Crippen molar-refractivity contribution >= 4 is 17.7 Å². The van der Waals surface area contributed by atoms with E-state index < -0.39 is 11.7 Å². The van der Waals surface area contributed by atoms with Crippen LogP contribution in [-0.4, -0.2) is 22.5 Å². The van der Waals surface area contributed by atoms with Gasteiger partial charge in [-0.15, -0.1) is 0 Å². The Morgan fingerprint density at radius 1 is 1.39 bits per heavy atom. The molecule has 1 aromatic rings. The fraction of sp³-hybridized carbons (Fsp3) is 0.385. The van der Waals surface area contributed by atoms with E-state index in [1.165, 1.54) is 0 Å². The van der Waals surface area contributed by atoms with Gasteiger partial charge in [-0.3, -0.25) is 4.79 Å². The van der Waals surface area contributed by atoms with E-state index in [0.29, 0.717) is 11.3 Å². The van der Waals surface area contributed by atoms with Crippen LogP contribution in [0.1, 0.15) is 36.7 Å². The second-order valence-electron chi connectivity index (χ2n) is 5.29. The monoisotopic (exact) mass is 248 g/mol. The number of amides is 2. The number of hydrogen-bond acceptors (Lipinski definition) is 4. The molecule has 0 atom stereocenters. The molecular weight excluding hydrogens is 232 g/mol. The highest BCUT2D eigenvalue weighted by Gasteiger charge is 2.34. The van der Waals surface area contributed by atoms with E-state index in [-0.39, 0.29) is 12.5 Å². The molecule has 1 heterocycles. The van der Waals surface area contributed by atoms with E-state index in [2.05, 4.69) is 0 Å². The van der Waals surface area contributed by atoms with E-state index in [4.69, 9.17) is 10.5 Å². The molecule has 1 aromatic carbocycles. The summed E-state index contributed by atoms with van der Waals surface area (Å²) in [7, 11) is 0. The fourth-order valence-electron chi connectivity index (χ4n) is 1.78. The van der Waals surface area contributed by atoms with Gasteiger partial charge in [-0.25, -0.2) is 9.69 Å². The summed E-state index contributed by atoms with van der Waals surface area (Å²) in [6, 6.07) is 5.06. The second kappa shape index (κ2) is 4.01. The number of nitrogens with zero attached hydrogens (tertiary/aromatic N) is 1. The molecule has 0 saturated heterocycles. The van der Waals surface area contributed by atoms with Gasteiger partial charge in [0.25, 0.3) is 5.91 Å². The van der Waals surface area contributed by atoms with Crippen LogP contribution in [0, 0.1) is 0 Å². The summed E-state index contributed by atoms with van der Waals surface area (Å²) < 4.78 is 5.19. The first-order valence-electron chi connectivity index (χ1n) is 5.71. The minimum absolute atomic E-state index is 0.239. The standard InChI is InChI=1S/C13H16N2O3/c1-13(2,3)18-12(17)15-7-8-4-5-9(14)6-10(8)11(15)16/h4-6H,7,14H2,1-3H3. The summed E-state index contributed by atoms with van der Waals surface area (Å²) >= 11 is 0. The number of fused-ring (bicyclic) bond motifs is 1. The van der Waals surface area contributed by atoms with Gasteiger partial charge in [0.1, 0.15) is 5.60 Å². The average Bonchev–Trinajstić information content (AvgIpc) is 2.54. The topological polar surface area (TPSA) is 72.6 Å². The minimum atomic E-state index is -0.623. The Hall–Kier alpha value is -2.04. The number of imide groups is 1. The maximum Gasteiger partial charge on any atom is 0.417 e. The predicted octanol–water partition coefficient (Wildman–Crippen LogP) is 2.16. The van der Waals surface area contributed by atoms with Crippen molar-refractivity contribution in [3.63, 3.8) is 0 Å². The molecule has 0 bridgehead atoms. The van der Waals surface area contributed by atoms with Gasteiger partial charge < -0.3 is 10.5 Å². The van der Waals surface area contributed by atoms with E-state index in [9.17, 15) is 9.59 Å². The Labute approximate surface area is 106 Å². The number of carbonyl (C=O) groups is 2. The number of nitrogen functional groups attached to an aromatic ring is 1. The lowest BCUT2D eigenvalue weighted by Crippen LogP contribution is -2.36. The number of carbonyl (C=O) groups excluding carboxylic acids is 2. The Balaban J connectivity index is 2.21. The highest BCUT2D eigenvalue weighted by atomic mass is 16.6. The quantitative estimate of drug-likeness (QED) is 0.714. The third-order valence-corrected chi connectivity index (χ3v) is 2.55. The number of nitrogens with two attached hydrogens (primary N) is 1. The van der Waals surface area contributed by atoms with Crippen molar-refractivity contribution in [1.29, 1.82) is 0 Å². The lowest BCUT2D eigenvalue weighted by Gasteiger charge is -2.23. The summed E-state index contributed by atoms with van der Waals surface area (Å²) in [5, 5.41) is 0. The van der Waals surface area contributed by atoms with Gasteiger partial charge in [0.05, 0.1) is 6.54 Å². The lowest BCUT2D eigenvalue weighted by atomic mass is 10.1. The summed E-state index contributed by atoms with van der Waals surface area (Å²) in [6.45, 7) is 5.52. The Morgan fingerprint density at radius 2 is 2.06 bits per heavy atom. The Kier molecular flexibility index (Phi) is 2.77. The normalized spacial score (nSPS) is 14.6. The van der Waals surface area contributed by atoms with Gasteiger partial charge in [-0.2, -0.15) is 0 Å². The molecule has 1 aliphatic heterocycles. The first-order chi connectivity index (χ1) is 8.28. The Bertz CT molecular complexity index is 517. The Morgan fingerprint density at radius 3 is 2.67 bits per heavy atom. The van der Waals surface area contributed by atoms with Crippen LogP contribution >= 0.6 is 0 Å². The van der Waals surface area contributed by atoms with Gasteiger partial charge in [0, 0.05) is 11.3 Å². The van der Waals surface area contributed by atoms with Crippen LogP contribution in [0.25, 0.3) is 0 Å². The lowest BCUT2D eigenvalue weighted by molar-refractivity contribution is 0.0248. The van der Waals surface area contributed by atoms with Crippen LogP contribution in [0.3, 0.4) is 0 Å². The van der Waals surface area contributed by atoms with Crippen molar-refractivity contribution in [3.05, 3.63) is 29.3 Å². The van der Waals surface area contributed by atoms with Crippen LogP contribution in [-0.2, 0) is 11.3 Å². The SMILES string of the molecule is CC(C)(C)OC(=O)N1Cc2ccc(N)cc2C1=O. The number of benzene rings is 1. The van der Waals surface area contributed by atoms with Crippen molar-refractivity contribution in [3.8, 4) is 0 Å². The molecule has 2 rings (SSSR count). The summed E-state index contributed by atoms with van der Waals surface area (Å²) in [5.41, 5.74) is 6.78. The molecular formula is C13H16N2O3.